The zero-order chi connectivity index (χ0) is 16.8. The van der Waals surface area contributed by atoms with Gasteiger partial charge in [-0.05, 0) is 50.7 Å². The minimum atomic E-state index is 0.0456. The molecule has 3 rings (SSSR count). The van der Waals surface area contributed by atoms with Crippen LogP contribution in [0.4, 0.5) is 0 Å². The predicted molar refractivity (Wildman–Crippen MR) is 91.6 cm³/mol. The van der Waals surface area contributed by atoms with Gasteiger partial charge in [0, 0.05) is 18.9 Å². The quantitative estimate of drug-likeness (QED) is 0.719. The topological polar surface area (TPSA) is 67.4 Å². The molecule has 2 N–H and O–H groups in total. The van der Waals surface area contributed by atoms with Crippen LogP contribution in [0.3, 0.4) is 0 Å². The molecule has 0 unspecified atom stereocenters. The molecule has 2 amide bonds. The minimum absolute atomic E-state index is 0.0456. The van der Waals surface area contributed by atoms with E-state index in [9.17, 15) is 9.59 Å². The highest BCUT2D eigenvalue weighted by molar-refractivity contribution is 5.81. The second-order valence-corrected chi connectivity index (χ2v) is 6.74. The maximum Gasteiger partial charge on any atom is 0.223 e. The van der Waals surface area contributed by atoms with Crippen LogP contribution >= 0.6 is 0 Å². The molecular formula is C19H26N2O3. The van der Waals surface area contributed by atoms with E-state index in [-0.39, 0.29) is 29.9 Å². The predicted octanol–water partition coefficient (Wildman–Crippen LogP) is 2.41. The van der Waals surface area contributed by atoms with Crippen LogP contribution in [0.1, 0.15) is 44.9 Å². The summed E-state index contributed by atoms with van der Waals surface area (Å²) in [6, 6.07) is 9.84. The summed E-state index contributed by atoms with van der Waals surface area (Å²) in [5.41, 5.74) is 0. The lowest BCUT2D eigenvalue weighted by molar-refractivity contribution is -0.124. The molecule has 24 heavy (non-hydrogen) atoms. The van der Waals surface area contributed by atoms with Crippen LogP contribution in [0.2, 0.25) is 0 Å². The van der Waals surface area contributed by atoms with Gasteiger partial charge in [0.25, 0.3) is 0 Å². The Balaban J connectivity index is 1.36. The minimum Gasteiger partial charge on any atom is -0.488 e. The van der Waals surface area contributed by atoms with Crippen molar-refractivity contribution in [2.45, 2.75) is 57.1 Å². The zero-order valence-electron chi connectivity index (χ0n) is 14.0. The SMILES string of the molecule is O=C(CCCNC(=O)C1CC1)N[C@H]1CCC[C@@H]1Oc1ccccc1. The van der Waals surface area contributed by atoms with Gasteiger partial charge < -0.3 is 15.4 Å². The molecule has 2 fully saturated rings. The Labute approximate surface area is 143 Å². The van der Waals surface area contributed by atoms with Crippen molar-refractivity contribution >= 4 is 11.8 Å². The summed E-state index contributed by atoms with van der Waals surface area (Å²) >= 11 is 0. The van der Waals surface area contributed by atoms with Gasteiger partial charge in [-0.15, -0.1) is 0 Å². The van der Waals surface area contributed by atoms with Gasteiger partial charge in [-0.1, -0.05) is 18.2 Å². The number of carbonyl (C=O) groups is 2. The summed E-state index contributed by atoms with van der Waals surface area (Å²) in [6.45, 7) is 0.581. The molecule has 2 aliphatic carbocycles. The Morgan fingerprint density at radius 1 is 1.08 bits per heavy atom. The van der Waals surface area contributed by atoms with Crippen LogP contribution in [-0.2, 0) is 9.59 Å². The first-order valence-corrected chi connectivity index (χ1v) is 9.01. The monoisotopic (exact) mass is 330 g/mol. The number of hydrogen-bond donors (Lipinski definition) is 2. The van der Waals surface area contributed by atoms with Gasteiger partial charge in [0.1, 0.15) is 11.9 Å². The smallest absolute Gasteiger partial charge is 0.223 e. The van der Waals surface area contributed by atoms with E-state index in [0.29, 0.717) is 19.4 Å². The van der Waals surface area contributed by atoms with Crippen molar-refractivity contribution in [3.8, 4) is 5.75 Å². The summed E-state index contributed by atoms with van der Waals surface area (Å²) in [5.74, 6) is 1.27. The van der Waals surface area contributed by atoms with Gasteiger partial charge in [-0.2, -0.15) is 0 Å². The molecule has 0 spiro atoms. The molecule has 0 bridgehead atoms. The summed E-state index contributed by atoms with van der Waals surface area (Å²) in [6.07, 6.45) is 6.19. The molecule has 0 radical (unpaired) electrons. The number of rotatable bonds is 8. The highest BCUT2D eigenvalue weighted by Gasteiger charge is 2.30. The fourth-order valence-electron chi connectivity index (χ4n) is 3.14. The summed E-state index contributed by atoms with van der Waals surface area (Å²) < 4.78 is 6.01. The maximum atomic E-state index is 12.1. The third-order valence-electron chi connectivity index (χ3n) is 4.66. The van der Waals surface area contributed by atoms with Gasteiger partial charge in [0.15, 0.2) is 0 Å². The maximum absolute atomic E-state index is 12.1. The van der Waals surface area contributed by atoms with Crippen LogP contribution in [-0.4, -0.2) is 30.5 Å². The van der Waals surface area contributed by atoms with Crippen molar-refractivity contribution < 1.29 is 14.3 Å². The molecule has 1 aromatic carbocycles. The second kappa shape index (κ2) is 8.18. The average Bonchev–Trinajstić information content (AvgIpc) is 3.36. The van der Waals surface area contributed by atoms with E-state index in [4.69, 9.17) is 4.74 Å². The zero-order valence-corrected chi connectivity index (χ0v) is 14.0. The summed E-state index contributed by atoms with van der Waals surface area (Å²) in [5, 5.41) is 5.99. The van der Waals surface area contributed by atoms with Gasteiger partial charge in [0.05, 0.1) is 6.04 Å². The lowest BCUT2D eigenvalue weighted by Crippen LogP contribution is -2.42. The van der Waals surface area contributed by atoms with E-state index >= 15 is 0 Å². The average molecular weight is 330 g/mol. The van der Waals surface area contributed by atoms with E-state index in [0.717, 1.165) is 37.9 Å². The normalized spacial score (nSPS) is 22.8. The molecule has 0 saturated heterocycles. The number of ether oxygens (including phenoxy) is 1. The van der Waals surface area contributed by atoms with Crippen molar-refractivity contribution in [3.05, 3.63) is 30.3 Å². The fourth-order valence-corrected chi connectivity index (χ4v) is 3.14. The van der Waals surface area contributed by atoms with Crippen molar-refractivity contribution in [2.24, 2.45) is 5.92 Å². The number of para-hydroxylation sites is 1. The standard InChI is InChI=1S/C19H26N2O3/c22-18(10-5-13-20-19(23)14-11-12-14)21-16-8-4-9-17(16)24-15-6-2-1-3-7-15/h1-3,6-7,14,16-17H,4-5,8-13H2,(H,20,23)(H,21,22)/t16-,17-/m0/s1. The Bertz CT molecular complexity index is 557. The highest BCUT2D eigenvalue weighted by Crippen LogP contribution is 2.28. The lowest BCUT2D eigenvalue weighted by Gasteiger charge is -2.22. The first-order valence-electron chi connectivity index (χ1n) is 9.01. The number of amides is 2. The van der Waals surface area contributed by atoms with Crippen LogP contribution in [0.15, 0.2) is 30.3 Å². The molecule has 5 heteroatoms. The van der Waals surface area contributed by atoms with Gasteiger partial charge in [-0.25, -0.2) is 0 Å². The Morgan fingerprint density at radius 2 is 1.88 bits per heavy atom. The first-order chi connectivity index (χ1) is 11.7. The largest absolute Gasteiger partial charge is 0.488 e. The number of carbonyl (C=O) groups excluding carboxylic acids is 2. The number of hydrogen-bond acceptors (Lipinski definition) is 3. The van der Waals surface area contributed by atoms with E-state index in [2.05, 4.69) is 10.6 Å². The van der Waals surface area contributed by atoms with Crippen molar-refractivity contribution in [3.63, 3.8) is 0 Å². The third-order valence-corrected chi connectivity index (χ3v) is 4.66. The van der Waals surface area contributed by atoms with Crippen LogP contribution in [0.25, 0.3) is 0 Å². The van der Waals surface area contributed by atoms with Gasteiger partial charge in [0.2, 0.25) is 11.8 Å². The van der Waals surface area contributed by atoms with Crippen LogP contribution in [0.5, 0.6) is 5.75 Å². The van der Waals surface area contributed by atoms with Crippen molar-refractivity contribution in [2.75, 3.05) is 6.54 Å². The fraction of sp³-hybridized carbons (Fsp3) is 0.579. The van der Waals surface area contributed by atoms with E-state index < -0.39 is 0 Å². The van der Waals surface area contributed by atoms with Crippen LogP contribution in [0, 0.1) is 5.92 Å². The Morgan fingerprint density at radius 3 is 2.62 bits per heavy atom. The van der Waals surface area contributed by atoms with Crippen LogP contribution < -0.4 is 15.4 Å². The molecule has 0 aliphatic heterocycles. The molecular weight excluding hydrogens is 304 g/mol. The Hall–Kier alpha value is -2.04. The van der Waals surface area contributed by atoms with Gasteiger partial charge in [-0.3, -0.25) is 9.59 Å². The highest BCUT2D eigenvalue weighted by atomic mass is 16.5. The lowest BCUT2D eigenvalue weighted by atomic mass is 10.2. The first kappa shape index (κ1) is 16.8. The number of nitrogens with one attached hydrogen (secondary N) is 2. The molecule has 130 valence electrons. The Kier molecular flexibility index (Phi) is 5.72. The summed E-state index contributed by atoms with van der Waals surface area (Å²) in [7, 11) is 0. The van der Waals surface area contributed by atoms with Crippen molar-refractivity contribution in [1.29, 1.82) is 0 Å². The molecule has 2 aliphatic rings. The molecule has 0 aromatic heterocycles. The van der Waals surface area contributed by atoms with E-state index in [1.807, 2.05) is 30.3 Å². The third kappa shape index (κ3) is 4.98. The second-order valence-electron chi connectivity index (χ2n) is 6.74. The number of benzene rings is 1. The van der Waals surface area contributed by atoms with E-state index in [1.54, 1.807) is 0 Å². The molecule has 2 atom stereocenters. The van der Waals surface area contributed by atoms with Crippen molar-refractivity contribution in [1.82, 2.24) is 10.6 Å². The summed E-state index contributed by atoms with van der Waals surface area (Å²) in [4.78, 5) is 23.6. The molecule has 2 saturated carbocycles. The molecule has 5 nitrogen and oxygen atoms in total. The van der Waals surface area contributed by atoms with E-state index in [1.165, 1.54) is 0 Å². The molecule has 0 heterocycles. The van der Waals surface area contributed by atoms with Gasteiger partial charge >= 0.3 is 0 Å². The molecule has 1 aromatic rings.